The summed E-state index contributed by atoms with van der Waals surface area (Å²) in [5, 5.41) is 0. The molecule has 2 saturated heterocycles. The van der Waals surface area contributed by atoms with Crippen molar-refractivity contribution in [3.63, 3.8) is 0 Å². The lowest BCUT2D eigenvalue weighted by atomic mass is 10.1. The summed E-state index contributed by atoms with van der Waals surface area (Å²) in [4.78, 5) is 14.0. The van der Waals surface area contributed by atoms with Gasteiger partial charge in [0.2, 0.25) is 0 Å². The predicted octanol–water partition coefficient (Wildman–Crippen LogP) is 1.64. The van der Waals surface area contributed by atoms with Crippen LogP contribution in [0.15, 0.2) is 0 Å². The molecule has 86 valence electrons. The van der Waals surface area contributed by atoms with Gasteiger partial charge in [0, 0.05) is 18.1 Å². The molecule has 1 atom stereocenters. The molecule has 0 aromatic rings. The fourth-order valence-electron chi connectivity index (χ4n) is 2.20. The number of nitrogens with zero attached hydrogens (tertiary/aromatic N) is 1. The SMILES string of the molecule is CCOC(=O)[C@H]1CN(C)C2(C1)SCCS2. The maximum absolute atomic E-state index is 11.7. The fourth-order valence-corrected chi connectivity index (χ4v) is 5.57. The van der Waals surface area contributed by atoms with Crippen LogP contribution in [0.1, 0.15) is 13.3 Å². The van der Waals surface area contributed by atoms with Crippen LogP contribution in [0.4, 0.5) is 0 Å². The summed E-state index contributed by atoms with van der Waals surface area (Å²) < 4.78 is 5.26. The van der Waals surface area contributed by atoms with Gasteiger partial charge in [-0.25, -0.2) is 0 Å². The molecule has 0 aromatic heterocycles. The number of likely N-dealkylation sites (tertiary alicyclic amines) is 1. The molecule has 2 aliphatic heterocycles. The number of hydrogen-bond acceptors (Lipinski definition) is 5. The van der Waals surface area contributed by atoms with Gasteiger partial charge in [-0.3, -0.25) is 9.69 Å². The van der Waals surface area contributed by atoms with Crippen molar-refractivity contribution in [3.8, 4) is 0 Å². The molecule has 0 aromatic carbocycles. The minimum absolute atomic E-state index is 0.0191. The summed E-state index contributed by atoms with van der Waals surface area (Å²) in [6, 6.07) is 0. The molecule has 15 heavy (non-hydrogen) atoms. The molecule has 0 bridgehead atoms. The van der Waals surface area contributed by atoms with Crippen molar-refractivity contribution in [1.29, 1.82) is 0 Å². The van der Waals surface area contributed by atoms with Crippen LogP contribution in [0.5, 0.6) is 0 Å². The average Bonchev–Trinajstić information content (AvgIpc) is 2.78. The molecular formula is C10H17NO2S2. The molecule has 0 radical (unpaired) electrons. The van der Waals surface area contributed by atoms with Crippen LogP contribution in [0, 0.1) is 5.92 Å². The molecule has 0 N–H and O–H groups in total. The van der Waals surface area contributed by atoms with E-state index in [1.54, 1.807) is 0 Å². The molecule has 3 nitrogen and oxygen atoms in total. The summed E-state index contributed by atoms with van der Waals surface area (Å²) in [5.41, 5.74) is 0. The first kappa shape index (κ1) is 11.6. The van der Waals surface area contributed by atoms with E-state index in [0.717, 1.165) is 13.0 Å². The van der Waals surface area contributed by atoms with Crippen molar-refractivity contribution in [2.24, 2.45) is 5.92 Å². The molecule has 2 rings (SSSR count). The summed E-state index contributed by atoms with van der Waals surface area (Å²) in [6.45, 7) is 3.20. The summed E-state index contributed by atoms with van der Waals surface area (Å²) in [6.07, 6.45) is 0.942. The van der Waals surface area contributed by atoms with Crippen molar-refractivity contribution in [2.75, 3.05) is 31.7 Å². The summed E-state index contributed by atoms with van der Waals surface area (Å²) in [7, 11) is 2.12. The molecule has 0 saturated carbocycles. The Hall–Kier alpha value is 0.130. The Morgan fingerprint density at radius 1 is 1.53 bits per heavy atom. The van der Waals surface area contributed by atoms with Crippen LogP contribution < -0.4 is 0 Å². The van der Waals surface area contributed by atoms with Gasteiger partial charge in [-0.05, 0) is 20.4 Å². The summed E-state index contributed by atoms with van der Waals surface area (Å²) >= 11 is 3.96. The molecule has 0 amide bonds. The van der Waals surface area contributed by atoms with Crippen LogP contribution in [0.3, 0.4) is 0 Å². The lowest BCUT2D eigenvalue weighted by molar-refractivity contribution is -0.147. The number of ether oxygens (including phenoxy) is 1. The molecule has 5 heteroatoms. The number of carbonyl (C=O) groups excluding carboxylic acids is 1. The lowest BCUT2D eigenvalue weighted by Gasteiger charge is -2.29. The van der Waals surface area contributed by atoms with Gasteiger partial charge < -0.3 is 4.74 Å². The second-order valence-corrected chi connectivity index (χ2v) is 6.95. The van der Waals surface area contributed by atoms with Gasteiger partial charge in [-0.1, -0.05) is 0 Å². The van der Waals surface area contributed by atoms with Crippen molar-refractivity contribution in [1.82, 2.24) is 4.90 Å². The monoisotopic (exact) mass is 247 g/mol. The largest absolute Gasteiger partial charge is 0.466 e. The Bertz CT molecular complexity index is 254. The zero-order chi connectivity index (χ0) is 10.9. The van der Waals surface area contributed by atoms with Gasteiger partial charge >= 0.3 is 5.97 Å². The van der Waals surface area contributed by atoms with Gasteiger partial charge in [-0.15, -0.1) is 23.5 Å². The maximum Gasteiger partial charge on any atom is 0.310 e. The van der Waals surface area contributed by atoms with E-state index in [9.17, 15) is 4.79 Å². The van der Waals surface area contributed by atoms with Crippen molar-refractivity contribution in [3.05, 3.63) is 0 Å². The third-order valence-electron chi connectivity index (χ3n) is 2.94. The Morgan fingerprint density at radius 3 is 2.80 bits per heavy atom. The highest BCUT2D eigenvalue weighted by atomic mass is 32.2. The number of carbonyl (C=O) groups is 1. The zero-order valence-corrected chi connectivity index (χ0v) is 10.8. The first-order valence-electron chi connectivity index (χ1n) is 5.34. The van der Waals surface area contributed by atoms with Gasteiger partial charge in [-0.2, -0.15) is 0 Å². The van der Waals surface area contributed by atoms with Crippen LogP contribution in [-0.2, 0) is 9.53 Å². The molecule has 2 fully saturated rings. The third-order valence-corrected chi connectivity index (χ3v) is 6.58. The highest BCUT2D eigenvalue weighted by Crippen LogP contribution is 2.53. The molecule has 0 unspecified atom stereocenters. The van der Waals surface area contributed by atoms with E-state index in [1.165, 1.54) is 11.5 Å². The molecule has 2 heterocycles. The van der Waals surface area contributed by atoms with E-state index in [2.05, 4.69) is 11.9 Å². The standard InChI is InChI=1S/C10H17NO2S2/c1-3-13-9(12)8-6-10(11(2)7-8)14-4-5-15-10/h8H,3-7H2,1-2H3/t8-/m1/s1. The summed E-state index contributed by atoms with van der Waals surface area (Å²) in [5.74, 6) is 2.46. The van der Waals surface area contributed by atoms with Crippen molar-refractivity contribution in [2.45, 2.75) is 17.5 Å². The van der Waals surface area contributed by atoms with Gasteiger partial charge in [0.05, 0.1) is 12.5 Å². The molecular weight excluding hydrogens is 230 g/mol. The smallest absolute Gasteiger partial charge is 0.310 e. The van der Waals surface area contributed by atoms with Crippen LogP contribution >= 0.6 is 23.5 Å². The molecule has 2 aliphatic rings. The van der Waals surface area contributed by atoms with E-state index < -0.39 is 0 Å². The van der Waals surface area contributed by atoms with Crippen molar-refractivity contribution >= 4 is 29.5 Å². The quantitative estimate of drug-likeness (QED) is 0.692. The van der Waals surface area contributed by atoms with Crippen LogP contribution in [-0.4, -0.2) is 46.8 Å². The first-order chi connectivity index (χ1) is 7.18. The lowest BCUT2D eigenvalue weighted by Crippen LogP contribution is -2.32. The van der Waals surface area contributed by atoms with E-state index in [4.69, 9.17) is 4.74 Å². The Morgan fingerprint density at radius 2 is 2.20 bits per heavy atom. The van der Waals surface area contributed by atoms with Crippen LogP contribution in [0.2, 0.25) is 0 Å². The Balaban J connectivity index is 2.00. The number of esters is 1. The number of rotatable bonds is 2. The maximum atomic E-state index is 11.7. The topological polar surface area (TPSA) is 29.5 Å². The first-order valence-corrected chi connectivity index (χ1v) is 7.31. The normalized spacial score (nSPS) is 29.9. The van der Waals surface area contributed by atoms with E-state index in [1.807, 2.05) is 30.4 Å². The van der Waals surface area contributed by atoms with Gasteiger partial charge in [0.15, 0.2) is 0 Å². The van der Waals surface area contributed by atoms with E-state index in [-0.39, 0.29) is 16.1 Å². The van der Waals surface area contributed by atoms with E-state index in [0.29, 0.717) is 6.61 Å². The van der Waals surface area contributed by atoms with E-state index >= 15 is 0 Å². The fraction of sp³-hybridized carbons (Fsp3) is 0.900. The second kappa shape index (κ2) is 4.55. The highest BCUT2D eigenvalue weighted by molar-refractivity contribution is 8.21. The van der Waals surface area contributed by atoms with Gasteiger partial charge in [0.25, 0.3) is 0 Å². The van der Waals surface area contributed by atoms with Gasteiger partial charge in [0.1, 0.15) is 4.20 Å². The highest BCUT2D eigenvalue weighted by Gasteiger charge is 2.49. The molecule has 1 spiro atoms. The molecule has 0 aliphatic carbocycles. The average molecular weight is 247 g/mol. The zero-order valence-electron chi connectivity index (χ0n) is 9.19. The Kier molecular flexibility index (Phi) is 3.52. The Labute approximate surface area is 99.3 Å². The predicted molar refractivity (Wildman–Crippen MR) is 65.0 cm³/mol. The number of thioether (sulfide) groups is 2. The minimum atomic E-state index is -0.0191. The van der Waals surface area contributed by atoms with Crippen LogP contribution in [0.25, 0.3) is 0 Å². The minimum Gasteiger partial charge on any atom is -0.466 e. The second-order valence-electron chi connectivity index (χ2n) is 3.94. The van der Waals surface area contributed by atoms with Crippen molar-refractivity contribution < 1.29 is 9.53 Å². The third kappa shape index (κ3) is 2.15. The number of hydrogen-bond donors (Lipinski definition) is 0.